The van der Waals surface area contributed by atoms with Crippen molar-refractivity contribution in [3.63, 3.8) is 0 Å². The molecule has 2 heteroatoms. The van der Waals surface area contributed by atoms with Gasteiger partial charge in [-0.2, -0.15) is 0 Å². The summed E-state index contributed by atoms with van der Waals surface area (Å²) >= 11 is 0. The number of furan rings is 1. The van der Waals surface area contributed by atoms with Crippen LogP contribution in [-0.4, -0.2) is 12.1 Å². The summed E-state index contributed by atoms with van der Waals surface area (Å²) in [4.78, 5) is 0. The molecule has 0 saturated carbocycles. The first kappa shape index (κ1) is 16.1. The topological polar surface area (TPSA) is 25.2 Å². The van der Waals surface area contributed by atoms with Crippen molar-refractivity contribution in [2.45, 2.75) is 65.3 Å². The van der Waals surface area contributed by atoms with Gasteiger partial charge in [0.2, 0.25) is 0 Å². The molecule has 1 N–H and O–H groups in total. The fraction of sp³-hybridized carbons (Fsp3) is 0.579. The van der Waals surface area contributed by atoms with Crippen LogP contribution in [0.2, 0.25) is 0 Å². The Morgan fingerprint density at radius 2 is 1.71 bits per heavy atom. The molecule has 0 amide bonds. The molecule has 2 rings (SSSR count). The fourth-order valence-corrected chi connectivity index (χ4v) is 2.37. The number of hydrogen-bond acceptors (Lipinski definition) is 2. The molecule has 2 nitrogen and oxygen atoms in total. The van der Waals surface area contributed by atoms with Crippen LogP contribution in [-0.2, 0) is 11.8 Å². The minimum Gasteiger partial charge on any atom is -0.461 e. The maximum absolute atomic E-state index is 5.95. The average Bonchev–Trinajstić information content (AvgIpc) is 2.76. The molecule has 0 bridgehead atoms. The van der Waals surface area contributed by atoms with Gasteiger partial charge in [-0.05, 0) is 63.9 Å². The lowest BCUT2D eigenvalue weighted by Gasteiger charge is -2.20. The third-order valence-corrected chi connectivity index (χ3v) is 3.62. The molecule has 0 unspecified atom stereocenters. The van der Waals surface area contributed by atoms with Gasteiger partial charge in [0.15, 0.2) is 0 Å². The van der Waals surface area contributed by atoms with Crippen LogP contribution in [0, 0.1) is 0 Å². The Labute approximate surface area is 128 Å². The largest absolute Gasteiger partial charge is 0.461 e. The molecule has 0 spiro atoms. The Hall–Kier alpha value is -1.28. The predicted molar refractivity (Wildman–Crippen MR) is 91.0 cm³/mol. The number of fused-ring (bicyclic) bond motifs is 1. The van der Waals surface area contributed by atoms with Gasteiger partial charge in [-0.25, -0.2) is 0 Å². The standard InChI is InChI=1S/C19H29NO/c1-18(2,3)17-13-15-12-14(9-10-16(15)21-17)8-7-11-20-19(4,5)6/h9-10,12-13,20H,7-8,11H2,1-6H3. The second-order valence-corrected chi connectivity index (χ2v) is 8.01. The van der Waals surface area contributed by atoms with Crippen molar-refractivity contribution in [3.8, 4) is 0 Å². The maximum atomic E-state index is 5.95. The summed E-state index contributed by atoms with van der Waals surface area (Å²) in [5.41, 5.74) is 2.65. The van der Waals surface area contributed by atoms with Crippen LogP contribution >= 0.6 is 0 Å². The first-order chi connectivity index (χ1) is 9.65. The van der Waals surface area contributed by atoms with Crippen LogP contribution in [0.25, 0.3) is 11.0 Å². The van der Waals surface area contributed by atoms with Crippen molar-refractivity contribution < 1.29 is 4.42 Å². The normalized spacial score (nSPS) is 13.0. The van der Waals surface area contributed by atoms with Crippen LogP contribution < -0.4 is 5.32 Å². The second-order valence-electron chi connectivity index (χ2n) is 8.01. The van der Waals surface area contributed by atoms with Gasteiger partial charge in [0, 0.05) is 16.3 Å². The van der Waals surface area contributed by atoms with Gasteiger partial charge in [0.1, 0.15) is 11.3 Å². The van der Waals surface area contributed by atoms with E-state index < -0.39 is 0 Å². The van der Waals surface area contributed by atoms with E-state index in [0.29, 0.717) is 0 Å². The van der Waals surface area contributed by atoms with E-state index >= 15 is 0 Å². The van der Waals surface area contributed by atoms with Crippen molar-refractivity contribution in [2.24, 2.45) is 0 Å². The lowest BCUT2D eigenvalue weighted by Crippen LogP contribution is -2.36. The summed E-state index contributed by atoms with van der Waals surface area (Å²) in [6.45, 7) is 14.2. The summed E-state index contributed by atoms with van der Waals surface area (Å²) < 4.78 is 5.95. The number of aryl methyl sites for hydroxylation is 1. The Bertz CT molecular complexity index is 596. The van der Waals surface area contributed by atoms with E-state index in [9.17, 15) is 0 Å². The Morgan fingerprint density at radius 3 is 2.33 bits per heavy atom. The first-order valence-corrected chi connectivity index (χ1v) is 7.93. The van der Waals surface area contributed by atoms with Crippen LogP contribution in [0.15, 0.2) is 28.7 Å². The van der Waals surface area contributed by atoms with E-state index in [-0.39, 0.29) is 11.0 Å². The van der Waals surface area contributed by atoms with Gasteiger partial charge in [-0.15, -0.1) is 0 Å². The van der Waals surface area contributed by atoms with Crippen molar-refractivity contribution in [1.82, 2.24) is 5.32 Å². The molecular formula is C19H29NO. The van der Waals surface area contributed by atoms with Crippen molar-refractivity contribution in [3.05, 3.63) is 35.6 Å². The second kappa shape index (κ2) is 5.84. The highest BCUT2D eigenvalue weighted by molar-refractivity contribution is 5.79. The Balaban J connectivity index is 2.02. The van der Waals surface area contributed by atoms with E-state index in [4.69, 9.17) is 4.42 Å². The van der Waals surface area contributed by atoms with Gasteiger partial charge in [0.25, 0.3) is 0 Å². The fourth-order valence-electron chi connectivity index (χ4n) is 2.37. The number of benzene rings is 1. The summed E-state index contributed by atoms with van der Waals surface area (Å²) in [5.74, 6) is 1.06. The van der Waals surface area contributed by atoms with Crippen LogP contribution in [0.5, 0.6) is 0 Å². The molecule has 1 heterocycles. The monoisotopic (exact) mass is 287 g/mol. The molecule has 116 valence electrons. The lowest BCUT2D eigenvalue weighted by molar-refractivity contribution is 0.422. The predicted octanol–water partition coefficient (Wildman–Crippen LogP) is 5.05. The highest BCUT2D eigenvalue weighted by Crippen LogP contribution is 2.29. The molecule has 0 aliphatic carbocycles. The van der Waals surface area contributed by atoms with Gasteiger partial charge in [-0.1, -0.05) is 26.8 Å². The van der Waals surface area contributed by atoms with Crippen LogP contribution in [0.1, 0.15) is 59.3 Å². The zero-order valence-electron chi connectivity index (χ0n) is 14.3. The van der Waals surface area contributed by atoms with Gasteiger partial charge >= 0.3 is 0 Å². The van der Waals surface area contributed by atoms with E-state index in [2.05, 4.69) is 71.1 Å². The molecule has 0 atom stereocenters. The molecule has 2 aromatic rings. The van der Waals surface area contributed by atoms with E-state index in [0.717, 1.165) is 30.7 Å². The minimum absolute atomic E-state index is 0.0653. The molecule has 1 aromatic heterocycles. The molecule has 0 saturated heterocycles. The summed E-state index contributed by atoms with van der Waals surface area (Å²) in [6.07, 6.45) is 2.27. The summed E-state index contributed by atoms with van der Waals surface area (Å²) in [5, 5.41) is 4.76. The van der Waals surface area contributed by atoms with Gasteiger partial charge in [0.05, 0.1) is 0 Å². The molecule has 0 radical (unpaired) electrons. The van der Waals surface area contributed by atoms with Gasteiger partial charge < -0.3 is 9.73 Å². The molecule has 21 heavy (non-hydrogen) atoms. The zero-order valence-corrected chi connectivity index (χ0v) is 14.3. The van der Waals surface area contributed by atoms with E-state index in [1.165, 1.54) is 10.9 Å². The zero-order chi connectivity index (χ0) is 15.7. The number of rotatable bonds is 4. The summed E-state index contributed by atoms with van der Waals surface area (Å²) in [7, 11) is 0. The highest BCUT2D eigenvalue weighted by atomic mass is 16.3. The molecule has 1 aromatic carbocycles. The highest BCUT2D eigenvalue weighted by Gasteiger charge is 2.18. The SMILES string of the molecule is CC(C)(C)NCCCc1ccc2oc(C(C)(C)C)cc2c1. The Morgan fingerprint density at radius 1 is 1.00 bits per heavy atom. The summed E-state index contributed by atoms with van der Waals surface area (Å²) in [6, 6.07) is 8.75. The number of hydrogen-bond donors (Lipinski definition) is 1. The molecule has 0 fully saturated rings. The average molecular weight is 287 g/mol. The van der Waals surface area contributed by atoms with Crippen LogP contribution in [0.4, 0.5) is 0 Å². The quantitative estimate of drug-likeness (QED) is 0.796. The van der Waals surface area contributed by atoms with Crippen molar-refractivity contribution in [2.75, 3.05) is 6.54 Å². The smallest absolute Gasteiger partial charge is 0.134 e. The molecule has 0 aliphatic rings. The third-order valence-electron chi connectivity index (χ3n) is 3.62. The molecule has 0 aliphatic heterocycles. The van der Waals surface area contributed by atoms with Crippen molar-refractivity contribution >= 4 is 11.0 Å². The van der Waals surface area contributed by atoms with Crippen LogP contribution in [0.3, 0.4) is 0 Å². The Kier molecular flexibility index (Phi) is 4.48. The maximum Gasteiger partial charge on any atom is 0.134 e. The first-order valence-electron chi connectivity index (χ1n) is 7.93. The molecular weight excluding hydrogens is 258 g/mol. The van der Waals surface area contributed by atoms with E-state index in [1.54, 1.807) is 0 Å². The van der Waals surface area contributed by atoms with E-state index in [1.807, 2.05) is 0 Å². The third kappa shape index (κ3) is 4.60. The lowest BCUT2D eigenvalue weighted by atomic mass is 9.93. The van der Waals surface area contributed by atoms with Crippen molar-refractivity contribution in [1.29, 1.82) is 0 Å². The number of nitrogens with one attached hydrogen (secondary N) is 1. The minimum atomic E-state index is 0.0653. The van der Waals surface area contributed by atoms with Gasteiger partial charge in [-0.3, -0.25) is 0 Å².